The average Bonchev–Trinajstić information content (AvgIpc) is 2.66. The molecule has 2 aromatic rings. The molecule has 1 atom stereocenters. The minimum atomic E-state index is -1.86. The van der Waals surface area contributed by atoms with Crippen molar-refractivity contribution in [1.82, 2.24) is 4.98 Å². The van der Waals surface area contributed by atoms with E-state index in [0.717, 1.165) is 32.5 Å². The van der Waals surface area contributed by atoms with Crippen molar-refractivity contribution < 1.29 is 9.47 Å². The van der Waals surface area contributed by atoms with Gasteiger partial charge in [0, 0.05) is 18.2 Å². The third-order valence-electron chi connectivity index (χ3n) is 5.53. The Balaban J connectivity index is 1.86. The molecule has 1 aromatic heterocycles. The van der Waals surface area contributed by atoms with Gasteiger partial charge in [0.2, 0.25) is 0 Å². The standard InChI is InChI=1S/C23H35NO2Si2/c1-27(2,3)18-20(14-17-26-22-13-6-7-16-25-22)28(4,5)21-12-8-10-19-11-9-15-24-23(19)21/h8-12,15,18,22H,6-7,13-14,16-17H2,1-5H3/b20-18+. The third-order valence-corrected chi connectivity index (χ3v) is 10.8. The van der Waals surface area contributed by atoms with E-state index in [2.05, 4.69) is 62.7 Å². The van der Waals surface area contributed by atoms with Gasteiger partial charge >= 0.3 is 0 Å². The Labute approximate surface area is 172 Å². The van der Waals surface area contributed by atoms with Crippen LogP contribution in [-0.2, 0) is 9.47 Å². The molecule has 1 unspecified atom stereocenters. The Morgan fingerprint density at radius 3 is 2.64 bits per heavy atom. The van der Waals surface area contributed by atoms with E-state index >= 15 is 0 Å². The molecule has 5 heteroatoms. The van der Waals surface area contributed by atoms with Crippen LogP contribution < -0.4 is 5.19 Å². The number of hydrogen-bond acceptors (Lipinski definition) is 3. The molecule has 1 aromatic carbocycles. The fraction of sp³-hybridized carbons (Fsp3) is 0.522. The van der Waals surface area contributed by atoms with E-state index in [1.807, 2.05) is 12.3 Å². The van der Waals surface area contributed by atoms with E-state index in [4.69, 9.17) is 14.5 Å². The van der Waals surface area contributed by atoms with Crippen LogP contribution in [0.25, 0.3) is 10.9 Å². The van der Waals surface area contributed by atoms with Gasteiger partial charge in [0.1, 0.15) is 8.07 Å². The molecular formula is C23H35NO2Si2. The number of hydrogen-bond donors (Lipinski definition) is 0. The molecule has 0 bridgehead atoms. The number of nitrogens with zero attached hydrogens (tertiary/aromatic N) is 1. The van der Waals surface area contributed by atoms with Gasteiger partial charge in [-0.1, -0.05) is 67.9 Å². The monoisotopic (exact) mass is 413 g/mol. The van der Waals surface area contributed by atoms with Gasteiger partial charge in [0.05, 0.1) is 20.2 Å². The summed E-state index contributed by atoms with van der Waals surface area (Å²) in [4.78, 5) is 4.75. The maximum Gasteiger partial charge on any atom is 0.157 e. The first kappa shape index (κ1) is 21.4. The van der Waals surface area contributed by atoms with Gasteiger partial charge in [0.25, 0.3) is 0 Å². The normalized spacial score (nSPS) is 19.2. The van der Waals surface area contributed by atoms with E-state index in [1.54, 1.807) is 5.20 Å². The topological polar surface area (TPSA) is 31.4 Å². The largest absolute Gasteiger partial charge is 0.353 e. The van der Waals surface area contributed by atoms with Crippen molar-refractivity contribution in [2.45, 2.75) is 64.7 Å². The average molecular weight is 414 g/mol. The molecule has 0 saturated carbocycles. The molecule has 2 heterocycles. The lowest BCUT2D eigenvalue weighted by Gasteiger charge is -2.31. The molecule has 0 radical (unpaired) electrons. The molecule has 1 fully saturated rings. The number of ether oxygens (including phenoxy) is 2. The van der Waals surface area contributed by atoms with Crippen molar-refractivity contribution in [3.63, 3.8) is 0 Å². The second-order valence-corrected chi connectivity index (χ2v) is 18.9. The van der Waals surface area contributed by atoms with Crippen LogP contribution in [0.4, 0.5) is 0 Å². The predicted molar refractivity (Wildman–Crippen MR) is 124 cm³/mol. The molecule has 152 valence electrons. The lowest BCUT2D eigenvalue weighted by molar-refractivity contribution is -0.161. The Kier molecular flexibility index (Phi) is 6.91. The smallest absolute Gasteiger partial charge is 0.157 e. The van der Waals surface area contributed by atoms with Gasteiger partial charge in [0.15, 0.2) is 6.29 Å². The third kappa shape index (κ3) is 5.41. The second-order valence-electron chi connectivity index (χ2n) is 9.46. The highest BCUT2D eigenvalue weighted by atomic mass is 28.3. The van der Waals surface area contributed by atoms with Crippen LogP contribution in [0.3, 0.4) is 0 Å². The molecule has 0 amide bonds. The summed E-state index contributed by atoms with van der Waals surface area (Å²) in [6, 6.07) is 10.8. The SMILES string of the molecule is C[Si](C)(C)/C=C(\CCOC1CCCCO1)[Si](C)(C)c1cccc2cccnc12. The fourth-order valence-corrected chi connectivity index (χ4v) is 10.3. The maximum atomic E-state index is 6.11. The molecule has 0 spiro atoms. The van der Waals surface area contributed by atoms with E-state index < -0.39 is 16.1 Å². The first-order valence-electron chi connectivity index (χ1n) is 10.6. The highest BCUT2D eigenvalue weighted by molar-refractivity contribution is 6.98. The summed E-state index contributed by atoms with van der Waals surface area (Å²) in [7, 11) is -3.21. The Morgan fingerprint density at radius 1 is 1.14 bits per heavy atom. The molecule has 1 saturated heterocycles. The van der Waals surface area contributed by atoms with E-state index in [-0.39, 0.29) is 6.29 Å². The Bertz CT molecular complexity index is 815. The molecule has 1 aliphatic heterocycles. The summed E-state index contributed by atoms with van der Waals surface area (Å²) < 4.78 is 11.9. The Morgan fingerprint density at radius 2 is 1.93 bits per heavy atom. The van der Waals surface area contributed by atoms with E-state index in [9.17, 15) is 0 Å². The molecule has 1 aliphatic rings. The predicted octanol–water partition coefficient (Wildman–Crippen LogP) is 5.43. The van der Waals surface area contributed by atoms with Crippen LogP contribution in [0, 0.1) is 0 Å². The van der Waals surface area contributed by atoms with Crippen LogP contribution >= 0.6 is 0 Å². The molecular weight excluding hydrogens is 378 g/mol. The van der Waals surface area contributed by atoms with Crippen molar-refractivity contribution in [2.24, 2.45) is 0 Å². The summed E-state index contributed by atoms with van der Waals surface area (Å²) in [5, 5.41) is 4.27. The van der Waals surface area contributed by atoms with E-state index in [1.165, 1.54) is 22.5 Å². The van der Waals surface area contributed by atoms with Crippen LogP contribution in [0.15, 0.2) is 47.4 Å². The number of rotatable bonds is 7. The first-order valence-corrected chi connectivity index (χ1v) is 17.1. The van der Waals surface area contributed by atoms with Crippen molar-refractivity contribution in [2.75, 3.05) is 13.2 Å². The molecule has 0 N–H and O–H groups in total. The lowest BCUT2D eigenvalue weighted by Crippen LogP contribution is -2.46. The first-order chi connectivity index (χ1) is 13.3. The summed E-state index contributed by atoms with van der Waals surface area (Å²) in [6.45, 7) is 13.8. The molecule has 28 heavy (non-hydrogen) atoms. The highest BCUT2D eigenvalue weighted by Crippen LogP contribution is 2.25. The summed E-state index contributed by atoms with van der Waals surface area (Å²) in [5.41, 5.74) is 3.78. The number of para-hydroxylation sites is 1. The van der Waals surface area contributed by atoms with Gasteiger partial charge in [-0.2, -0.15) is 0 Å². The highest BCUT2D eigenvalue weighted by Gasteiger charge is 2.32. The molecule has 0 aliphatic carbocycles. The van der Waals surface area contributed by atoms with Crippen LogP contribution in [-0.4, -0.2) is 40.6 Å². The van der Waals surface area contributed by atoms with Crippen molar-refractivity contribution in [1.29, 1.82) is 0 Å². The summed E-state index contributed by atoms with van der Waals surface area (Å²) >= 11 is 0. The number of fused-ring (bicyclic) bond motifs is 1. The molecule has 3 rings (SSSR count). The number of pyridine rings is 1. The minimum Gasteiger partial charge on any atom is -0.353 e. The lowest BCUT2D eigenvalue weighted by atomic mass is 10.2. The number of benzene rings is 1. The summed E-state index contributed by atoms with van der Waals surface area (Å²) in [5.74, 6) is 0. The van der Waals surface area contributed by atoms with Crippen molar-refractivity contribution in [3.05, 3.63) is 47.4 Å². The zero-order valence-corrected chi connectivity index (χ0v) is 20.1. The number of aromatic nitrogens is 1. The van der Waals surface area contributed by atoms with Gasteiger partial charge < -0.3 is 9.47 Å². The van der Waals surface area contributed by atoms with Crippen LogP contribution in [0.1, 0.15) is 25.7 Å². The van der Waals surface area contributed by atoms with Crippen LogP contribution in [0.5, 0.6) is 0 Å². The van der Waals surface area contributed by atoms with E-state index in [0.29, 0.717) is 0 Å². The zero-order valence-electron chi connectivity index (χ0n) is 18.1. The quantitative estimate of drug-likeness (QED) is 0.567. The van der Waals surface area contributed by atoms with Gasteiger partial charge in [-0.15, -0.1) is 0 Å². The van der Waals surface area contributed by atoms with Crippen LogP contribution in [0.2, 0.25) is 32.7 Å². The second kappa shape index (κ2) is 9.03. The van der Waals surface area contributed by atoms with Gasteiger partial charge in [-0.25, -0.2) is 0 Å². The maximum absolute atomic E-state index is 6.11. The van der Waals surface area contributed by atoms with Gasteiger partial charge in [-0.3, -0.25) is 4.98 Å². The zero-order chi connectivity index (χ0) is 20.2. The van der Waals surface area contributed by atoms with Crippen molar-refractivity contribution in [3.8, 4) is 0 Å². The Hall–Kier alpha value is -1.28. The fourth-order valence-electron chi connectivity index (χ4n) is 4.01. The van der Waals surface area contributed by atoms with Gasteiger partial charge in [-0.05, 0) is 36.9 Å². The summed E-state index contributed by atoms with van der Waals surface area (Å²) in [6.07, 6.45) is 6.31. The van der Waals surface area contributed by atoms with Crippen molar-refractivity contribution >= 4 is 32.2 Å². The minimum absolute atomic E-state index is 0.00844. The molecule has 3 nitrogen and oxygen atoms in total.